The van der Waals surface area contributed by atoms with E-state index in [4.69, 9.17) is 4.42 Å². The van der Waals surface area contributed by atoms with Gasteiger partial charge in [0.05, 0.1) is 11.8 Å². The van der Waals surface area contributed by atoms with Crippen molar-refractivity contribution in [2.75, 3.05) is 0 Å². The van der Waals surface area contributed by atoms with Gasteiger partial charge < -0.3 is 19.6 Å². The van der Waals surface area contributed by atoms with Gasteiger partial charge in [0.25, 0.3) is 0 Å². The molecule has 1 fully saturated rings. The zero-order valence-electron chi connectivity index (χ0n) is 16.5. The molecule has 2 atom stereocenters. The van der Waals surface area contributed by atoms with Gasteiger partial charge in [-0.3, -0.25) is 0 Å². The Morgan fingerprint density at radius 3 is 2.50 bits per heavy atom. The Morgan fingerprint density at radius 2 is 1.83 bits per heavy atom. The Hall–Kier alpha value is -3.45. The number of nitrogens with zero attached hydrogens (tertiary/aromatic N) is 1. The molecule has 30 heavy (non-hydrogen) atoms. The van der Waals surface area contributed by atoms with E-state index in [0.29, 0.717) is 25.2 Å². The largest absolute Gasteiger partial charge is 0.441 e. The first-order chi connectivity index (χ1) is 14.5. The first-order valence-electron chi connectivity index (χ1n) is 9.80. The quantitative estimate of drug-likeness (QED) is 0.460. The van der Waals surface area contributed by atoms with Crippen molar-refractivity contribution in [1.29, 1.82) is 0 Å². The van der Waals surface area contributed by atoms with Crippen LogP contribution in [0.2, 0.25) is 0 Å². The van der Waals surface area contributed by atoms with Gasteiger partial charge in [0.2, 0.25) is 5.89 Å². The maximum Gasteiger partial charge on any atom is 0.415 e. The number of aliphatic hydroxyl groups is 1. The van der Waals surface area contributed by atoms with Crippen LogP contribution in [-0.4, -0.2) is 28.2 Å². The number of carbonyl (C=O) groups excluding carboxylic acids is 2. The number of ether oxygens (including phenoxy) is 1. The molecule has 1 aliphatic heterocycles. The lowest BCUT2D eigenvalue weighted by molar-refractivity contribution is -0.135. The van der Waals surface area contributed by atoms with E-state index in [2.05, 4.69) is 15.0 Å². The minimum atomic E-state index is -0.712. The third-order valence-electron chi connectivity index (χ3n) is 5.14. The van der Waals surface area contributed by atoms with Gasteiger partial charge in [-0.05, 0) is 43.0 Å². The van der Waals surface area contributed by atoms with Crippen LogP contribution < -0.4 is 5.32 Å². The van der Waals surface area contributed by atoms with Crippen molar-refractivity contribution >= 4 is 12.1 Å². The highest BCUT2D eigenvalue weighted by molar-refractivity contribution is 5.95. The molecule has 2 unspecified atom stereocenters. The first-order valence-corrected chi connectivity index (χ1v) is 9.80. The number of aromatic nitrogens is 1. The molecule has 0 spiro atoms. The highest BCUT2D eigenvalue weighted by Crippen LogP contribution is 2.25. The van der Waals surface area contributed by atoms with Crippen molar-refractivity contribution in [3.8, 4) is 11.5 Å². The Kier molecular flexibility index (Phi) is 5.63. The molecule has 0 saturated carbocycles. The van der Waals surface area contributed by atoms with Crippen LogP contribution in [-0.2, 0) is 22.4 Å². The molecule has 2 N–H and O–H groups in total. The van der Waals surface area contributed by atoms with Gasteiger partial charge >= 0.3 is 12.1 Å². The Morgan fingerprint density at radius 1 is 1.10 bits per heavy atom. The number of nitrogens with one attached hydrogen (secondary N) is 1. The highest BCUT2D eigenvalue weighted by Gasteiger charge is 2.32. The van der Waals surface area contributed by atoms with Gasteiger partial charge in [0, 0.05) is 12.0 Å². The summed E-state index contributed by atoms with van der Waals surface area (Å²) >= 11 is 0. The average molecular weight is 406 g/mol. The van der Waals surface area contributed by atoms with E-state index >= 15 is 0 Å². The van der Waals surface area contributed by atoms with Gasteiger partial charge in [0.1, 0.15) is 11.8 Å². The minimum absolute atomic E-state index is 0.349. The van der Waals surface area contributed by atoms with Gasteiger partial charge in [-0.1, -0.05) is 42.5 Å². The van der Waals surface area contributed by atoms with Crippen LogP contribution >= 0.6 is 0 Å². The summed E-state index contributed by atoms with van der Waals surface area (Å²) in [6, 6.07) is 16.4. The van der Waals surface area contributed by atoms with Crippen molar-refractivity contribution in [3.63, 3.8) is 0 Å². The van der Waals surface area contributed by atoms with Gasteiger partial charge in [0.15, 0.2) is 0 Å². The van der Waals surface area contributed by atoms with Gasteiger partial charge in [-0.15, -0.1) is 0 Å². The standard InChI is InChI=1S/C23H22N2O5/c1-14-18(24-21(29-14)17-5-3-2-4-6-17)11-12-20(26)16-9-7-15(8-10-16)13-19-22(27)30-23(28)25-19/h2-10,19-20,26H,11-13H2,1H3,(H,25,28). The lowest BCUT2D eigenvalue weighted by Gasteiger charge is -2.12. The van der Waals surface area contributed by atoms with Crippen LogP contribution in [0.1, 0.15) is 35.1 Å². The lowest BCUT2D eigenvalue weighted by Crippen LogP contribution is -2.30. The smallest absolute Gasteiger partial charge is 0.415 e. The number of alkyl carbamates (subject to hydrolysis) is 1. The molecule has 0 radical (unpaired) electrons. The molecule has 1 saturated heterocycles. The van der Waals surface area contributed by atoms with E-state index in [-0.39, 0.29) is 0 Å². The summed E-state index contributed by atoms with van der Waals surface area (Å²) in [4.78, 5) is 27.2. The Bertz CT molecular complexity index is 1040. The zero-order valence-corrected chi connectivity index (χ0v) is 16.5. The van der Waals surface area contributed by atoms with Crippen LogP contribution in [0.25, 0.3) is 11.5 Å². The molecule has 4 rings (SSSR count). The van der Waals surface area contributed by atoms with Gasteiger partial charge in [-0.25, -0.2) is 14.6 Å². The summed E-state index contributed by atoms with van der Waals surface area (Å²) in [5.41, 5.74) is 3.40. The average Bonchev–Trinajstić information content (AvgIpc) is 3.28. The van der Waals surface area contributed by atoms with Crippen molar-refractivity contribution in [3.05, 3.63) is 77.2 Å². The number of amides is 1. The highest BCUT2D eigenvalue weighted by atomic mass is 16.6. The van der Waals surface area contributed by atoms with E-state index in [0.717, 1.165) is 28.1 Å². The van der Waals surface area contributed by atoms with Crippen LogP contribution in [0.3, 0.4) is 0 Å². The number of cyclic esters (lactones) is 2. The first kappa shape index (κ1) is 19.8. The molecule has 2 aromatic carbocycles. The number of carbonyl (C=O) groups is 2. The number of aliphatic hydroxyl groups excluding tert-OH is 1. The number of oxazole rings is 1. The summed E-state index contributed by atoms with van der Waals surface area (Å²) in [6.07, 6.45) is 0.0836. The molecule has 154 valence electrons. The predicted octanol–water partition coefficient (Wildman–Crippen LogP) is 3.49. The molecular weight excluding hydrogens is 384 g/mol. The van der Waals surface area contributed by atoms with Crippen molar-refractivity contribution in [2.45, 2.75) is 38.3 Å². The fourth-order valence-electron chi connectivity index (χ4n) is 3.44. The number of hydrogen-bond acceptors (Lipinski definition) is 6. The lowest BCUT2D eigenvalue weighted by atomic mass is 9.99. The molecule has 1 aliphatic rings. The van der Waals surface area contributed by atoms with Crippen molar-refractivity contribution in [1.82, 2.24) is 10.3 Å². The summed E-state index contributed by atoms with van der Waals surface area (Å²) in [7, 11) is 0. The third kappa shape index (κ3) is 4.41. The number of rotatable bonds is 7. The topological polar surface area (TPSA) is 102 Å². The van der Waals surface area contributed by atoms with E-state index in [1.54, 1.807) is 0 Å². The molecule has 2 heterocycles. The molecule has 7 heteroatoms. The number of benzene rings is 2. The number of esters is 1. The minimum Gasteiger partial charge on any atom is -0.441 e. The van der Waals surface area contributed by atoms with E-state index in [9.17, 15) is 14.7 Å². The maximum atomic E-state index is 11.5. The molecule has 0 bridgehead atoms. The molecule has 1 amide bonds. The van der Waals surface area contributed by atoms with Crippen molar-refractivity contribution < 1.29 is 23.8 Å². The van der Waals surface area contributed by atoms with Crippen LogP contribution in [0.15, 0.2) is 59.0 Å². The summed E-state index contributed by atoms with van der Waals surface area (Å²) < 4.78 is 10.3. The summed E-state index contributed by atoms with van der Waals surface area (Å²) in [5.74, 6) is 0.767. The third-order valence-corrected chi connectivity index (χ3v) is 5.14. The molecule has 3 aromatic rings. The summed E-state index contributed by atoms with van der Waals surface area (Å²) in [6.45, 7) is 1.88. The molecular formula is C23H22N2O5. The number of aryl methyl sites for hydroxylation is 2. The fraction of sp³-hybridized carbons (Fsp3) is 0.261. The second-order valence-electron chi connectivity index (χ2n) is 7.29. The fourth-order valence-corrected chi connectivity index (χ4v) is 3.44. The SMILES string of the molecule is Cc1oc(-c2ccccc2)nc1CCC(O)c1ccc(CC2NC(=O)OC2=O)cc1. The van der Waals surface area contributed by atoms with Crippen molar-refractivity contribution in [2.24, 2.45) is 0 Å². The molecule has 1 aromatic heterocycles. The van der Waals surface area contributed by atoms with Gasteiger partial charge in [-0.2, -0.15) is 0 Å². The zero-order chi connectivity index (χ0) is 21.1. The predicted molar refractivity (Wildman–Crippen MR) is 109 cm³/mol. The molecule has 0 aliphatic carbocycles. The van der Waals surface area contributed by atoms with Crippen LogP contribution in [0.5, 0.6) is 0 Å². The van der Waals surface area contributed by atoms with Crippen LogP contribution in [0, 0.1) is 6.92 Å². The Labute approximate surface area is 173 Å². The monoisotopic (exact) mass is 406 g/mol. The number of hydrogen-bond donors (Lipinski definition) is 2. The van der Waals surface area contributed by atoms with Crippen LogP contribution in [0.4, 0.5) is 4.79 Å². The summed E-state index contributed by atoms with van der Waals surface area (Å²) in [5, 5.41) is 13.0. The van der Waals surface area contributed by atoms with E-state index < -0.39 is 24.2 Å². The second-order valence-corrected chi connectivity index (χ2v) is 7.29. The second kappa shape index (κ2) is 8.51. The maximum absolute atomic E-state index is 11.5. The van der Waals surface area contributed by atoms with E-state index in [1.165, 1.54) is 0 Å². The normalized spacial score (nSPS) is 16.9. The van der Waals surface area contributed by atoms with E-state index in [1.807, 2.05) is 61.5 Å². The Balaban J connectivity index is 1.35. The molecule has 7 nitrogen and oxygen atoms in total.